The molecule has 0 bridgehead atoms. The fourth-order valence-corrected chi connectivity index (χ4v) is 4.76. The number of oxazole rings is 1. The van der Waals surface area contributed by atoms with Gasteiger partial charge in [0.15, 0.2) is 17.1 Å². The van der Waals surface area contributed by atoms with Gasteiger partial charge >= 0.3 is 5.76 Å². The van der Waals surface area contributed by atoms with Crippen molar-refractivity contribution in [1.29, 1.82) is 0 Å². The lowest BCUT2D eigenvalue weighted by Gasteiger charge is -2.25. The maximum Gasteiger partial charge on any atom is 0.420 e. The summed E-state index contributed by atoms with van der Waals surface area (Å²) in [5.41, 5.74) is 2.59. The van der Waals surface area contributed by atoms with E-state index in [1.807, 2.05) is 53.5 Å². The summed E-state index contributed by atoms with van der Waals surface area (Å²) in [6.07, 6.45) is 10.7. The number of para-hydroxylation sites is 1. The zero-order valence-corrected chi connectivity index (χ0v) is 23.6. The highest BCUT2D eigenvalue weighted by Crippen LogP contribution is 2.32. The monoisotopic (exact) mass is 587 g/mol. The first-order valence-corrected chi connectivity index (χ1v) is 14.0. The summed E-state index contributed by atoms with van der Waals surface area (Å²) in [6.45, 7) is 1.93. The van der Waals surface area contributed by atoms with Crippen molar-refractivity contribution in [2.75, 3.05) is 25.2 Å². The van der Waals surface area contributed by atoms with E-state index in [0.29, 0.717) is 21.8 Å². The van der Waals surface area contributed by atoms with Crippen molar-refractivity contribution in [3.63, 3.8) is 0 Å². The number of allylic oxidation sites excluding steroid dienone is 2. The van der Waals surface area contributed by atoms with Gasteiger partial charge in [0.05, 0.1) is 5.52 Å². The van der Waals surface area contributed by atoms with Gasteiger partial charge in [-0.1, -0.05) is 54.1 Å². The minimum absolute atomic E-state index is 0.102. The molecular formula is C32H30ClN3O6. The van der Waals surface area contributed by atoms with Crippen molar-refractivity contribution in [2.45, 2.75) is 25.8 Å². The molecule has 1 fully saturated rings. The number of aromatic nitrogens is 1. The SMILES string of the molecule is O=C(C=CC=Cc1ccc2c(c1)OCO2)N1CCCCC1.O=C(Cn1c(=O)oc2cc(Cl)ccc21)Nc1ccccc1. The molecular weight excluding hydrogens is 558 g/mol. The fourth-order valence-electron chi connectivity index (χ4n) is 4.60. The molecule has 0 radical (unpaired) electrons. The Bertz CT molecular complexity index is 1670. The van der Waals surface area contributed by atoms with E-state index < -0.39 is 5.76 Å². The number of hydrogen-bond acceptors (Lipinski definition) is 6. The van der Waals surface area contributed by atoms with Crippen molar-refractivity contribution < 1.29 is 23.5 Å². The highest BCUT2D eigenvalue weighted by Gasteiger charge is 2.15. The number of anilines is 1. The Kier molecular flexibility index (Phi) is 9.41. The van der Waals surface area contributed by atoms with E-state index in [2.05, 4.69) is 5.32 Å². The van der Waals surface area contributed by atoms with E-state index >= 15 is 0 Å². The molecule has 2 amide bonds. The zero-order valence-electron chi connectivity index (χ0n) is 22.8. The molecule has 10 heteroatoms. The van der Waals surface area contributed by atoms with Crippen LogP contribution < -0.4 is 20.5 Å². The number of amides is 2. The van der Waals surface area contributed by atoms with Crippen molar-refractivity contribution in [2.24, 2.45) is 0 Å². The molecule has 42 heavy (non-hydrogen) atoms. The summed E-state index contributed by atoms with van der Waals surface area (Å²) in [5, 5.41) is 3.19. The number of halogens is 1. The number of fused-ring (bicyclic) bond motifs is 2. The summed E-state index contributed by atoms with van der Waals surface area (Å²) >= 11 is 5.84. The molecule has 1 N–H and O–H groups in total. The third-order valence-electron chi connectivity index (χ3n) is 6.69. The van der Waals surface area contributed by atoms with Gasteiger partial charge in [-0.3, -0.25) is 14.2 Å². The number of hydrogen-bond donors (Lipinski definition) is 1. The lowest BCUT2D eigenvalue weighted by Crippen LogP contribution is -2.34. The molecule has 2 aliphatic heterocycles. The lowest BCUT2D eigenvalue weighted by atomic mass is 10.1. The number of carbonyl (C=O) groups is 2. The van der Waals surface area contributed by atoms with E-state index in [1.165, 1.54) is 11.0 Å². The first kappa shape index (κ1) is 28.8. The molecule has 2 aliphatic rings. The molecule has 4 aromatic rings. The van der Waals surface area contributed by atoms with Crippen LogP contribution in [0.4, 0.5) is 5.69 Å². The molecule has 3 aromatic carbocycles. The number of piperidine rings is 1. The Balaban J connectivity index is 0.000000168. The van der Waals surface area contributed by atoms with Crippen LogP contribution >= 0.6 is 11.6 Å². The number of benzene rings is 3. The Labute approximate surface area is 247 Å². The first-order chi connectivity index (χ1) is 20.5. The average Bonchev–Trinajstić information content (AvgIpc) is 3.59. The van der Waals surface area contributed by atoms with Gasteiger partial charge < -0.3 is 24.1 Å². The predicted molar refractivity (Wildman–Crippen MR) is 162 cm³/mol. The topological polar surface area (TPSA) is 103 Å². The van der Waals surface area contributed by atoms with Gasteiger partial charge in [-0.05, 0) is 61.2 Å². The molecule has 0 spiro atoms. The number of likely N-dealkylation sites (tertiary alicyclic amines) is 1. The summed E-state index contributed by atoms with van der Waals surface area (Å²) < 4.78 is 16.9. The van der Waals surface area contributed by atoms with Crippen LogP contribution in [0, 0.1) is 0 Å². The minimum Gasteiger partial charge on any atom is -0.454 e. The second-order valence-corrected chi connectivity index (χ2v) is 10.1. The van der Waals surface area contributed by atoms with Crippen molar-refractivity contribution in [3.8, 4) is 11.5 Å². The molecule has 216 valence electrons. The van der Waals surface area contributed by atoms with Crippen LogP contribution in [0.15, 0.2) is 94.2 Å². The molecule has 0 atom stereocenters. The van der Waals surface area contributed by atoms with Gasteiger partial charge in [-0.2, -0.15) is 0 Å². The van der Waals surface area contributed by atoms with E-state index in [1.54, 1.807) is 42.5 Å². The molecule has 6 rings (SSSR count). The summed E-state index contributed by atoms with van der Waals surface area (Å²) in [5.74, 6) is 0.759. The third-order valence-corrected chi connectivity index (χ3v) is 6.93. The first-order valence-electron chi connectivity index (χ1n) is 13.6. The minimum atomic E-state index is -0.588. The molecule has 1 aromatic heterocycles. The van der Waals surface area contributed by atoms with Crippen LogP contribution in [0.25, 0.3) is 17.2 Å². The van der Waals surface area contributed by atoms with Crippen molar-refractivity contribution in [1.82, 2.24) is 9.47 Å². The maximum atomic E-state index is 12.0. The maximum absolute atomic E-state index is 12.0. The van der Waals surface area contributed by atoms with Gasteiger partial charge in [0.25, 0.3) is 0 Å². The molecule has 0 unspecified atom stereocenters. The second kappa shape index (κ2) is 13.7. The number of ether oxygens (including phenoxy) is 2. The molecule has 0 saturated carbocycles. The number of nitrogens with one attached hydrogen (secondary N) is 1. The van der Waals surface area contributed by atoms with E-state index in [0.717, 1.165) is 43.0 Å². The van der Waals surface area contributed by atoms with Crippen molar-refractivity contribution >= 4 is 46.3 Å². The smallest absolute Gasteiger partial charge is 0.420 e. The van der Waals surface area contributed by atoms with Crippen LogP contribution in [0.3, 0.4) is 0 Å². The van der Waals surface area contributed by atoms with Crippen LogP contribution in [0.2, 0.25) is 5.02 Å². The van der Waals surface area contributed by atoms with Crippen LogP contribution in [0.1, 0.15) is 24.8 Å². The quantitative estimate of drug-likeness (QED) is 0.223. The Morgan fingerprint density at radius 1 is 0.905 bits per heavy atom. The van der Waals surface area contributed by atoms with Gasteiger partial charge in [-0.15, -0.1) is 0 Å². The third kappa shape index (κ3) is 7.50. The van der Waals surface area contributed by atoms with Crippen molar-refractivity contribution in [3.05, 3.63) is 106 Å². The van der Waals surface area contributed by atoms with Crippen LogP contribution in [-0.2, 0) is 16.1 Å². The summed E-state index contributed by atoms with van der Waals surface area (Å²) in [4.78, 5) is 37.7. The van der Waals surface area contributed by atoms with E-state index in [4.69, 9.17) is 25.5 Å². The van der Waals surface area contributed by atoms with E-state index in [9.17, 15) is 14.4 Å². The average molecular weight is 588 g/mol. The Hall–Kier alpha value is -4.76. The standard InChI is InChI=1S/C17H19NO3.C15H11ClN2O3/c19-17(18-10-4-1-5-11-18)7-3-2-6-14-8-9-15-16(12-14)21-13-20-15;16-10-6-7-12-13(8-10)21-15(20)18(12)9-14(19)17-11-4-2-1-3-5-11/h2-3,6-9,12H,1,4-5,10-11,13H2;1-8H,9H2,(H,17,19). The van der Waals surface area contributed by atoms with Gasteiger partial charge in [0.2, 0.25) is 18.6 Å². The van der Waals surface area contributed by atoms with Gasteiger partial charge in [-0.25, -0.2) is 4.79 Å². The van der Waals surface area contributed by atoms with Gasteiger partial charge in [0, 0.05) is 35.9 Å². The molecule has 9 nitrogen and oxygen atoms in total. The molecule has 3 heterocycles. The zero-order chi connectivity index (χ0) is 29.3. The fraction of sp³-hybridized carbons (Fsp3) is 0.219. The highest BCUT2D eigenvalue weighted by molar-refractivity contribution is 6.31. The number of nitrogens with zero attached hydrogens (tertiary/aromatic N) is 2. The normalized spacial score (nSPS) is 14.3. The Morgan fingerprint density at radius 2 is 1.69 bits per heavy atom. The largest absolute Gasteiger partial charge is 0.454 e. The van der Waals surface area contributed by atoms with E-state index in [-0.39, 0.29) is 25.2 Å². The Morgan fingerprint density at radius 3 is 2.50 bits per heavy atom. The van der Waals surface area contributed by atoms with Crippen LogP contribution in [0.5, 0.6) is 11.5 Å². The lowest BCUT2D eigenvalue weighted by molar-refractivity contribution is -0.126. The second-order valence-electron chi connectivity index (χ2n) is 9.70. The highest BCUT2D eigenvalue weighted by atomic mass is 35.5. The van der Waals surface area contributed by atoms with Gasteiger partial charge in [0.1, 0.15) is 6.54 Å². The summed E-state index contributed by atoms with van der Waals surface area (Å²) in [6, 6.07) is 19.7. The predicted octanol–water partition coefficient (Wildman–Crippen LogP) is 5.88. The molecule has 1 saturated heterocycles. The van der Waals surface area contributed by atoms with Crippen LogP contribution in [-0.4, -0.2) is 41.2 Å². The number of rotatable bonds is 6. The number of carbonyl (C=O) groups excluding carboxylic acids is 2. The molecule has 0 aliphatic carbocycles. The summed E-state index contributed by atoms with van der Waals surface area (Å²) in [7, 11) is 0.